The number of fused-ring (bicyclic) bond motifs is 2. The van der Waals surface area contributed by atoms with E-state index in [2.05, 4.69) is 62.7 Å². The number of halogens is 2. The number of hydrogen-bond acceptors (Lipinski definition) is 2. The molecule has 0 atom stereocenters. The van der Waals surface area contributed by atoms with E-state index in [4.69, 9.17) is 0 Å². The van der Waals surface area contributed by atoms with Gasteiger partial charge in [-0.15, -0.1) is 0 Å². The van der Waals surface area contributed by atoms with E-state index in [0.29, 0.717) is 0 Å². The number of para-hydroxylation sites is 2. The Morgan fingerprint density at radius 2 is 0.957 bits per heavy atom. The van der Waals surface area contributed by atoms with Crippen molar-refractivity contribution in [3.63, 3.8) is 0 Å². The molecule has 0 saturated carbocycles. The molecule has 0 amide bonds. The standard InChI is InChI=1S/C18H12N2.2BrH.Ni/c1-3-7-15-13(5-1)9-11-17(19-15)18-12-10-14-6-2-4-8-16(14)20-18;;;/h1-12H;2*1H;/q;;;+2/p-2. The summed E-state index contributed by atoms with van der Waals surface area (Å²) >= 11 is 6.00. The second kappa shape index (κ2) is 8.00. The molecular formula is C18H12Br2N2Ni. The largest absolute Gasteiger partial charge is 0.246 e. The van der Waals surface area contributed by atoms with Crippen LogP contribution in [0, 0.1) is 0 Å². The fraction of sp³-hybridized carbons (Fsp3) is 0. The third-order valence-electron chi connectivity index (χ3n) is 3.46. The molecule has 2 aromatic carbocycles. The van der Waals surface area contributed by atoms with Crippen LogP contribution in [0.4, 0.5) is 0 Å². The van der Waals surface area contributed by atoms with E-state index in [-0.39, 0.29) is 0 Å². The van der Waals surface area contributed by atoms with Crippen molar-refractivity contribution in [1.82, 2.24) is 9.97 Å². The zero-order valence-electron chi connectivity index (χ0n) is 11.9. The van der Waals surface area contributed by atoms with Crippen LogP contribution in [0.5, 0.6) is 0 Å². The predicted octanol–water partition coefficient (Wildman–Crippen LogP) is 6.14. The van der Waals surface area contributed by atoms with E-state index >= 15 is 0 Å². The van der Waals surface area contributed by atoms with Crippen molar-refractivity contribution in [3.05, 3.63) is 72.8 Å². The average Bonchev–Trinajstić information content (AvgIpc) is 2.61. The SMILES string of the molecule is [Br][Ni][Br].c1ccc2nc(-c3ccc4ccccc4n3)ccc2c1. The molecule has 4 rings (SSSR count). The van der Waals surface area contributed by atoms with Gasteiger partial charge in [-0.05, 0) is 24.3 Å². The van der Waals surface area contributed by atoms with Crippen LogP contribution in [0.15, 0.2) is 72.8 Å². The van der Waals surface area contributed by atoms with Gasteiger partial charge in [-0.3, -0.25) is 0 Å². The Morgan fingerprint density at radius 3 is 1.39 bits per heavy atom. The van der Waals surface area contributed by atoms with E-state index in [1.165, 1.54) is 10.9 Å². The van der Waals surface area contributed by atoms with E-state index in [0.717, 1.165) is 33.2 Å². The smallest absolute Gasteiger partial charge is 0.0894 e. The third-order valence-corrected chi connectivity index (χ3v) is 3.46. The summed E-state index contributed by atoms with van der Waals surface area (Å²) in [5.41, 5.74) is 3.82. The summed E-state index contributed by atoms with van der Waals surface area (Å²) in [6.07, 6.45) is 0. The van der Waals surface area contributed by atoms with Gasteiger partial charge in [0.1, 0.15) is 0 Å². The minimum absolute atomic E-state index is 0.912. The summed E-state index contributed by atoms with van der Waals surface area (Å²) in [6, 6.07) is 24.5. The number of aromatic nitrogens is 2. The molecule has 0 fully saturated rings. The molecule has 0 spiro atoms. The number of hydrogen-bond donors (Lipinski definition) is 0. The summed E-state index contributed by atoms with van der Waals surface area (Å²) in [5, 5.41) is 2.30. The third kappa shape index (κ3) is 3.98. The van der Waals surface area contributed by atoms with Crippen molar-refractivity contribution in [3.8, 4) is 11.4 Å². The van der Waals surface area contributed by atoms with Gasteiger partial charge >= 0.3 is 39.3 Å². The first-order valence-corrected chi connectivity index (χ1v) is 11.7. The Balaban J connectivity index is 0.000000485. The summed E-state index contributed by atoms with van der Waals surface area (Å²) < 4.78 is 0. The van der Waals surface area contributed by atoms with Gasteiger partial charge in [0.25, 0.3) is 0 Å². The van der Waals surface area contributed by atoms with Crippen molar-refractivity contribution in [2.75, 3.05) is 0 Å². The maximum absolute atomic E-state index is 4.69. The minimum Gasteiger partial charge on any atom is -0.246 e. The van der Waals surface area contributed by atoms with Gasteiger partial charge < -0.3 is 0 Å². The summed E-state index contributed by atoms with van der Waals surface area (Å²) in [5.74, 6) is 0. The first-order valence-electron chi connectivity index (χ1n) is 6.86. The van der Waals surface area contributed by atoms with Crippen LogP contribution in [0.3, 0.4) is 0 Å². The number of pyridine rings is 2. The molecule has 4 aromatic rings. The molecule has 5 heteroatoms. The van der Waals surface area contributed by atoms with Crippen LogP contribution in [0.1, 0.15) is 0 Å². The van der Waals surface area contributed by atoms with E-state index in [1.807, 2.05) is 48.5 Å². The molecule has 118 valence electrons. The quantitative estimate of drug-likeness (QED) is 0.310. The first kappa shape index (κ1) is 16.6. The van der Waals surface area contributed by atoms with Crippen LogP contribution in [-0.4, -0.2) is 9.97 Å². The molecule has 0 aliphatic carbocycles. The maximum Gasteiger partial charge on any atom is 0.0894 e. The zero-order chi connectivity index (χ0) is 16.1. The monoisotopic (exact) mass is 472 g/mol. The van der Waals surface area contributed by atoms with E-state index < -0.39 is 0 Å². The van der Waals surface area contributed by atoms with Crippen molar-refractivity contribution in [1.29, 1.82) is 0 Å². The summed E-state index contributed by atoms with van der Waals surface area (Å²) in [6.45, 7) is 0. The Kier molecular flexibility index (Phi) is 5.77. The van der Waals surface area contributed by atoms with Crippen LogP contribution < -0.4 is 0 Å². The van der Waals surface area contributed by atoms with Gasteiger partial charge in [0.15, 0.2) is 0 Å². The van der Waals surface area contributed by atoms with E-state index in [1.54, 1.807) is 0 Å². The fourth-order valence-electron chi connectivity index (χ4n) is 2.42. The molecule has 0 unspecified atom stereocenters. The van der Waals surface area contributed by atoms with Gasteiger partial charge in [-0.1, -0.05) is 48.5 Å². The molecule has 0 bridgehead atoms. The summed E-state index contributed by atoms with van der Waals surface area (Å²) in [4.78, 5) is 9.38. The molecule has 2 nitrogen and oxygen atoms in total. The Hall–Kier alpha value is -1.29. The minimum atomic E-state index is 0.912. The molecule has 0 aliphatic heterocycles. The number of benzene rings is 2. The topological polar surface area (TPSA) is 25.8 Å². The average molecular weight is 475 g/mol. The van der Waals surface area contributed by atoms with Gasteiger partial charge in [0.2, 0.25) is 0 Å². The number of nitrogens with zero attached hydrogens (tertiary/aromatic N) is 2. The van der Waals surface area contributed by atoms with Gasteiger partial charge in [0, 0.05) is 10.8 Å². The Morgan fingerprint density at radius 1 is 0.565 bits per heavy atom. The van der Waals surface area contributed by atoms with Crippen molar-refractivity contribution >= 4 is 50.3 Å². The molecule has 0 aliphatic rings. The second-order valence-electron chi connectivity index (χ2n) is 4.82. The predicted molar refractivity (Wildman–Crippen MR) is 100 cm³/mol. The fourth-order valence-corrected chi connectivity index (χ4v) is 2.42. The van der Waals surface area contributed by atoms with Crippen LogP contribution in [-0.2, 0) is 10.9 Å². The van der Waals surface area contributed by atoms with Gasteiger partial charge in [-0.25, -0.2) is 9.97 Å². The van der Waals surface area contributed by atoms with Crippen molar-refractivity contribution in [2.24, 2.45) is 0 Å². The van der Waals surface area contributed by atoms with Crippen LogP contribution in [0.2, 0.25) is 0 Å². The molecule has 2 aromatic heterocycles. The van der Waals surface area contributed by atoms with Crippen molar-refractivity contribution < 1.29 is 10.9 Å². The molecular weight excluding hydrogens is 463 g/mol. The second-order valence-corrected chi connectivity index (χ2v) is 9.81. The van der Waals surface area contributed by atoms with Crippen molar-refractivity contribution in [2.45, 2.75) is 0 Å². The molecule has 0 N–H and O–H groups in total. The molecule has 0 radical (unpaired) electrons. The number of rotatable bonds is 1. The molecule has 2 heterocycles. The normalized spacial score (nSPS) is 10.5. The Labute approximate surface area is 154 Å². The Bertz CT molecular complexity index is 867. The van der Waals surface area contributed by atoms with Gasteiger partial charge in [0.05, 0.1) is 22.4 Å². The van der Waals surface area contributed by atoms with E-state index in [9.17, 15) is 0 Å². The maximum atomic E-state index is 4.69. The molecule has 0 saturated heterocycles. The van der Waals surface area contributed by atoms with Gasteiger partial charge in [-0.2, -0.15) is 0 Å². The van der Waals surface area contributed by atoms with Crippen LogP contribution >= 0.6 is 28.5 Å². The zero-order valence-corrected chi connectivity index (χ0v) is 16.1. The first-order chi connectivity index (χ1) is 11.3. The van der Waals surface area contributed by atoms with Crippen LogP contribution in [0.25, 0.3) is 33.2 Å². The molecule has 23 heavy (non-hydrogen) atoms. The summed E-state index contributed by atoms with van der Waals surface area (Å²) in [7, 11) is 1.25.